The number of nitrogens with one attached hydrogen (secondary N) is 1. The predicted octanol–water partition coefficient (Wildman–Crippen LogP) is 3.58. The Bertz CT molecular complexity index is 835. The molecule has 1 fully saturated rings. The molecule has 1 aliphatic rings. The number of likely N-dealkylation sites (tertiary alicyclic amines) is 1. The number of rotatable bonds is 4. The molecule has 2 nitrogen and oxygen atoms in total. The molecule has 2 heteroatoms. The molecule has 3 aromatic carbocycles. The Labute approximate surface area is 149 Å². The molecule has 0 unspecified atom stereocenters. The molecule has 4 rings (SSSR count). The molecule has 25 heavy (non-hydrogen) atoms. The average molecular weight is 332 g/mol. The highest BCUT2D eigenvalue weighted by atomic mass is 16.3. The molecule has 0 aliphatic carbocycles. The van der Waals surface area contributed by atoms with E-state index in [1.54, 1.807) is 4.90 Å². The second-order valence-corrected chi connectivity index (χ2v) is 7.34. The zero-order chi connectivity index (χ0) is 17.1. The van der Waals surface area contributed by atoms with Gasteiger partial charge in [-0.1, -0.05) is 60.7 Å². The molecule has 0 radical (unpaired) electrons. The summed E-state index contributed by atoms with van der Waals surface area (Å²) in [5, 5.41) is 12.8. The Kier molecular flexibility index (Phi) is 4.71. The van der Waals surface area contributed by atoms with Crippen LogP contribution in [0.4, 0.5) is 0 Å². The van der Waals surface area contributed by atoms with Crippen molar-refractivity contribution in [3.8, 4) is 5.75 Å². The molecular formula is C23H26NO+. The maximum Gasteiger partial charge on any atom is 0.125 e. The van der Waals surface area contributed by atoms with Gasteiger partial charge in [-0.25, -0.2) is 0 Å². The molecule has 1 heterocycles. The molecule has 0 amide bonds. The van der Waals surface area contributed by atoms with E-state index in [-0.39, 0.29) is 0 Å². The van der Waals surface area contributed by atoms with Crippen molar-refractivity contribution in [3.63, 3.8) is 0 Å². The van der Waals surface area contributed by atoms with Gasteiger partial charge in [0.2, 0.25) is 0 Å². The minimum absolute atomic E-state index is 0.442. The van der Waals surface area contributed by atoms with Crippen LogP contribution in [0, 0.1) is 5.92 Å². The van der Waals surface area contributed by atoms with Crippen LogP contribution in [-0.2, 0) is 13.0 Å². The van der Waals surface area contributed by atoms with Gasteiger partial charge in [0.15, 0.2) is 0 Å². The molecule has 0 atom stereocenters. The van der Waals surface area contributed by atoms with E-state index >= 15 is 0 Å². The van der Waals surface area contributed by atoms with Gasteiger partial charge in [0, 0.05) is 0 Å². The Hall–Kier alpha value is -2.32. The predicted molar refractivity (Wildman–Crippen MR) is 103 cm³/mol. The second kappa shape index (κ2) is 7.28. The van der Waals surface area contributed by atoms with Crippen LogP contribution in [0.3, 0.4) is 0 Å². The topological polar surface area (TPSA) is 24.7 Å². The number of hydrogen-bond donors (Lipinski definition) is 2. The van der Waals surface area contributed by atoms with E-state index in [1.807, 2.05) is 12.1 Å². The van der Waals surface area contributed by atoms with Crippen LogP contribution in [0.2, 0.25) is 0 Å². The zero-order valence-electron chi connectivity index (χ0n) is 14.6. The van der Waals surface area contributed by atoms with Crippen molar-refractivity contribution in [2.45, 2.75) is 25.8 Å². The standard InChI is InChI=1S/C23H25NO/c25-23-11-10-20-8-4-5-9-21(20)22(23)17-24-14-12-19(13-15-24)16-18-6-2-1-3-7-18/h1-11,19,25H,12-17H2/p+1. The van der Waals surface area contributed by atoms with Crippen LogP contribution >= 0.6 is 0 Å². The fourth-order valence-electron chi connectivity index (χ4n) is 4.17. The van der Waals surface area contributed by atoms with Crippen molar-refractivity contribution in [3.05, 3.63) is 77.9 Å². The summed E-state index contributed by atoms with van der Waals surface area (Å²) in [5.41, 5.74) is 2.57. The number of quaternary nitrogens is 1. The normalized spacial score (nSPS) is 20.6. The first-order valence-corrected chi connectivity index (χ1v) is 9.36. The highest BCUT2D eigenvalue weighted by molar-refractivity contribution is 5.87. The number of phenols is 1. The second-order valence-electron chi connectivity index (χ2n) is 7.34. The third-order valence-electron chi connectivity index (χ3n) is 5.62. The van der Waals surface area contributed by atoms with Gasteiger partial charge in [-0.2, -0.15) is 0 Å². The van der Waals surface area contributed by atoms with Crippen molar-refractivity contribution >= 4 is 10.8 Å². The minimum atomic E-state index is 0.442. The number of aromatic hydroxyl groups is 1. The molecule has 0 saturated carbocycles. The minimum Gasteiger partial charge on any atom is -0.507 e. The molecule has 0 spiro atoms. The summed E-state index contributed by atoms with van der Waals surface area (Å²) in [6.07, 6.45) is 3.75. The van der Waals surface area contributed by atoms with E-state index < -0.39 is 0 Å². The third kappa shape index (κ3) is 3.69. The first-order chi connectivity index (χ1) is 12.3. The summed E-state index contributed by atoms with van der Waals surface area (Å²) < 4.78 is 0. The lowest BCUT2D eigenvalue weighted by Gasteiger charge is -2.30. The Morgan fingerprint density at radius 3 is 2.36 bits per heavy atom. The summed E-state index contributed by atoms with van der Waals surface area (Å²) in [6.45, 7) is 3.31. The highest BCUT2D eigenvalue weighted by Gasteiger charge is 2.23. The van der Waals surface area contributed by atoms with Gasteiger partial charge < -0.3 is 10.0 Å². The zero-order valence-corrected chi connectivity index (χ0v) is 14.6. The largest absolute Gasteiger partial charge is 0.507 e. The number of benzene rings is 3. The van der Waals surface area contributed by atoms with Crippen molar-refractivity contribution in [2.75, 3.05) is 13.1 Å². The van der Waals surface area contributed by atoms with Crippen molar-refractivity contribution in [1.82, 2.24) is 0 Å². The highest BCUT2D eigenvalue weighted by Crippen LogP contribution is 2.26. The van der Waals surface area contributed by atoms with E-state index in [0.29, 0.717) is 5.75 Å². The van der Waals surface area contributed by atoms with Crippen LogP contribution < -0.4 is 4.90 Å². The van der Waals surface area contributed by atoms with Crippen LogP contribution in [-0.4, -0.2) is 18.2 Å². The van der Waals surface area contributed by atoms with Gasteiger partial charge in [-0.05, 0) is 47.6 Å². The molecule has 0 bridgehead atoms. The first-order valence-electron chi connectivity index (χ1n) is 9.36. The summed E-state index contributed by atoms with van der Waals surface area (Å²) in [5.74, 6) is 1.24. The molecule has 1 aliphatic heterocycles. The average Bonchev–Trinajstić information content (AvgIpc) is 2.66. The molecule has 128 valence electrons. The molecule has 1 saturated heterocycles. The smallest absolute Gasteiger partial charge is 0.125 e. The van der Waals surface area contributed by atoms with Gasteiger partial charge in [0.1, 0.15) is 12.3 Å². The number of fused-ring (bicyclic) bond motifs is 1. The van der Waals surface area contributed by atoms with Gasteiger partial charge in [-0.3, -0.25) is 0 Å². The monoisotopic (exact) mass is 332 g/mol. The van der Waals surface area contributed by atoms with Crippen LogP contribution in [0.15, 0.2) is 66.7 Å². The summed E-state index contributed by atoms with van der Waals surface area (Å²) in [6, 6.07) is 23.1. The van der Waals surface area contributed by atoms with Gasteiger partial charge in [0.05, 0.1) is 18.7 Å². The summed E-state index contributed by atoms with van der Waals surface area (Å²) in [7, 11) is 0. The lowest BCUT2D eigenvalue weighted by molar-refractivity contribution is -0.919. The van der Waals surface area contributed by atoms with Gasteiger partial charge in [0.25, 0.3) is 0 Å². The maximum atomic E-state index is 10.4. The quantitative estimate of drug-likeness (QED) is 0.750. The molecule has 2 N–H and O–H groups in total. The molecule has 0 aromatic heterocycles. The van der Waals surface area contributed by atoms with Crippen molar-refractivity contribution in [2.24, 2.45) is 5.92 Å². The van der Waals surface area contributed by atoms with Gasteiger partial charge in [-0.15, -0.1) is 0 Å². The van der Waals surface area contributed by atoms with Crippen LogP contribution in [0.25, 0.3) is 10.8 Å². The van der Waals surface area contributed by atoms with E-state index in [2.05, 4.69) is 54.6 Å². The lowest BCUT2D eigenvalue weighted by atomic mass is 9.90. The number of hydrogen-bond acceptors (Lipinski definition) is 1. The lowest BCUT2D eigenvalue weighted by Crippen LogP contribution is -3.11. The molecule has 3 aromatic rings. The van der Waals surface area contributed by atoms with E-state index in [0.717, 1.165) is 18.0 Å². The van der Waals surface area contributed by atoms with Crippen LogP contribution in [0.1, 0.15) is 24.0 Å². The fraction of sp³-hybridized carbons (Fsp3) is 0.304. The van der Waals surface area contributed by atoms with E-state index in [1.165, 1.54) is 48.7 Å². The maximum absolute atomic E-state index is 10.4. The Balaban J connectivity index is 1.41. The van der Waals surface area contributed by atoms with Gasteiger partial charge >= 0.3 is 0 Å². The first kappa shape index (κ1) is 16.2. The van der Waals surface area contributed by atoms with Crippen molar-refractivity contribution in [1.29, 1.82) is 0 Å². The van der Waals surface area contributed by atoms with E-state index in [4.69, 9.17) is 0 Å². The van der Waals surface area contributed by atoms with E-state index in [9.17, 15) is 5.11 Å². The number of piperidine rings is 1. The SMILES string of the molecule is Oc1ccc2ccccc2c1C[NH+]1CCC(Cc2ccccc2)CC1. The summed E-state index contributed by atoms with van der Waals surface area (Å²) in [4.78, 5) is 1.59. The Morgan fingerprint density at radius 2 is 1.56 bits per heavy atom. The third-order valence-corrected chi connectivity index (χ3v) is 5.62. The van der Waals surface area contributed by atoms with Crippen molar-refractivity contribution < 1.29 is 10.0 Å². The Morgan fingerprint density at radius 1 is 0.840 bits per heavy atom. The summed E-state index contributed by atoms with van der Waals surface area (Å²) >= 11 is 0. The molecular weight excluding hydrogens is 306 g/mol. The van der Waals surface area contributed by atoms with Crippen LogP contribution in [0.5, 0.6) is 5.75 Å². The fourth-order valence-corrected chi connectivity index (χ4v) is 4.17. The number of phenolic OH excluding ortho intramolecular Hbond substituents is 1.